The van der Waals surface area contributed by atoms with Gasteiger partial charge >= 0.3 is 0 Å². The molecular weight excluding hydrogens is 272 g/mol. The third-order valence-electron chi connectivity index (χ3n) is 3.73. The number of carbonyl (C=O) groups is 1. The van der Waals surface area contributed by atoms with Gasteiger partial charge in [-0.05, 0) is 43.6 Å². The van der Waals surface area contributed by atoms with E-state index in [0.717, 1.165) is 18.5 Å². The first-order valence-electron chi connectivity index (χ1n) is 7.80. The first-order chi connectivity index (χ1) is 10.7. The Bertz CT molecular complexity index is 578. The van der Waals surface area contributed by atoms with Gasteiger partial charge in [-0.25, -0.2) is 0 Å². The first kappa shape index (κ1) is 16.2. The van der Waals surface area contributed by atoms with Crippen LogP contribution in [0.1, 0.15) is 31.4 Å². The van der Waals surface area contributed by atoms with Gasteiger partial charge in [-0.2, -0.15) is 0 Å². The van der Waals surface area contributed by atoms with Crippen LogP contribution < -0.4 is 10.6 Å². The standard InChI is InChI=1S/C19H24N2O/c1-15(21-19(22)9-6-14-20-2)16-10-12-18(13-11-16)17-7-4-3-5-8-17/h3-5,7-8,10-13,15,20H,6,9,14H2,1-2H3,(H,21,22). The van der Waals surface area contributed by atoms with Gasteiger partial charge in [0.15, 0.2) is 0 Å². The predicted octanol–water partition coefficient (Wildman–Crippen LogP) is 3.53. The van der Waals surface area contributed by atoms with Crippen LogP contribution in [0.2, 0.25) is 0 Å². The van der Waals surface area contributed by atoms with E-state index in [1.807, 2.05) is 32.2 Å². The molecule has 22 heavy (non-hydrogen) atoms. The summed E-state index contributed by atoms with van der Waals surface area (Å²) >= 11 is 0. The van der Waals surface area contributed by atoms with Crippen molar-refractivity contribution in [3.05, 3.63) is 60.2 Å². The smallest absolute Gasteiger partial charge is 0.220 e. The van der Waals surface area contributed by atoms with Crippen molar-refractivity contribution in [1.29, 1.82) is 0 Å². The Labute approximate surface area is 132 Å². The van der Waals surface area contributed by atoms with Crippen LogP contribution in [0.3, 0.4) is 0 Å². The molecule has 2 aromatic rings. The van der Waals surface area contributed by atoms with E-state index in [-0.39, 0.29) is 11.9 Å². The molecule has 0 aliphatic carbocycles. The highest BCUT2D eigenvalue weighted by Crippen LogP contribution is 2.21. The summed E-state index contributed by atoms with van der Waals surface area (Å²) in [4.78, 5) is 11.9. The molecule has 1 amide bonds. The second-order valence-corrected chi connectivity index (χ2v) is 5.48. The summed E-state index contributed by atoms with van der Waals surface area (Å²) in [7, 11) is 1.90. The minimum Gasteiger partial charge on any atom is -0.350 e. The van der Waals surface area contributed by atoms with E-state index in [2.05, 4.69) is 47.0 Å². The number of nitrogens with one attached hydrogen (secondary N) is 2. The fraction of sp³-hybridized carbons (Fsp3) is 0.316. The van der Waals surface area contributed by atoms with Gasteiger partial charge < -0.3 is 10.6 Å². The molecule has 1 unspecified atom stereocenters. The second kappa shape index (κ2) is 8.35. The number of rotatable bonds is 7. The number of hydrogen-bond donors (Lipinski definition) is 2. The molecule has 0 spiro atoms. The van der Waals surface area contributed by atoms with E-state index in [0.29, 0.717) is 6.42 Å². The van der Waals surface area contributed by atoms with Crippen molar-refractivity contribution in [1.82, 2.24) is 10.6 Å². The van der Waals surface area contributed by atoms with E-state index in [1.165, 1.54) is 11.1 Å². The van der Waals surface area contributed by atoms with Gasteiger partial charge in [0.2, 0.25) is 5.91 Å². The largest absolute Gasteiger partial charge is 0.350 e. The molecule has 2 aromatic carbocycles. The lowest BCUT2D eigenvalue weighted by Gasteiger charge is -2.15. The highest BCUT2D eigenvalue weighted by atomic mass is 16.1. The fourth-order valence-corrected chi connectivity index (χ4v) is 2.42. The molecule has 3 heteroatoms. The van der Waals surface area contributed by atoms with Crippen LogP contribution in [0.5, 0.6) is 0 Å². The molecule has 0 aliphatic heterocycles. The van der Waals surface area contributed by atoms with Gasteiger partial charge in [-0.3, -0.25) is 4.79 Å². The molecule has 0 aromatic heterocycles. The molecule has 116 valence electrons. The minimum absolute atomic E-state index is 0.0342. The number of hydrogen-bond acceptors (Lipinski definition) is 2. The lowest BCUT2D eigenvalue weighted by Crippen LogP contribution is -2.27. The van der Waals surface area contributed by atoms with Crippen molar-refractivity contribution in [3.8, 4) is 11.1 Å². The minimum atomic E-state index is 0.0342. The van der Waals surface area contributed by atoms with Gasteiger partial charge in [0, 0.05) is 6.42 Å². The molecule has 0 saturated heterocycles. The van der Waals surface area contributed by atoms with Crippen molar-refractivity contribution in [2.24, 2.45) is 0 Å². The normalized spacial score (nSPS) is 11.9. The third kappa shape index (κ3) is 4.71. The Morgan fingerprint density at radius 1 is 1.00 bits per heavy atom. The van der Waals surface area contributed by atoms with Crippen molar-refractivity contribution in [2.75, 3.05) is 13.6 Å². The van der Waals surface area contributed by atoms with E-state index < -0.39 is 0 Å². The number of amides is 1. The number of benzene rings is 2. The van der Waals surface area contributed by atoms with Gasteiger partial charge in [-0.1, -0.05) is 54.6 Å². The topological polar surface area (TPSA) is 41.1 Å². The Hall–Kier alpha value is -2.13. The van der Waals surface area contributed by atoms with E-state index in [9.17, 15) is 4.79 Å². The zero-order chi connectivity index (χ0) is 15.8. The Balaban J connectivity index is 1.94. The maximum atomic E-state index is 11.9. The molecule has 0 saturated carbocycles. The lowest BCUT2D eigenvalue weighted by atomic mass is 10.0. The quantitative estimate of drug-likeness (QED) is 0.767. The van der Waals surface area contributed by atoms with E-state index >= 15 is 0 Å². The molecular formula is C19H24N2O. The zero-order valence-electron chi connectivity index (χ0n) is 13.3. The van der Waals surface area contributed by atoms with Crippen molar-refractivity contribution >= 4 is 5.91 Å². The average Bonchev–Trinajstić information content (AvgIpc) is 2.56. The van der Waals surface area contributed by atoms with Crippen molar-refractivity contribution < 1.29 is 4.79 Å². The summed E-state index contributed by atoms with van der Waals surface area (Å²) in [6.07, 6.45) is 1.43. The maximum Gasteiger partial charge on any atom is 0.220 e. The average molecular weight is 296 g/mol. The molecule has 0 heterocycles. The van der Waals surface area contributed by atoms with Crippen LogP contribution in [0, 0.1) is 0 Å². The van der Waals surface area contributed by atoms with Crippen LogP contribution in [0.15, 0.2) is 54.6 Å². The van der Waals surface area contributed by atoms with Crippen LogP contribution in [-0.4, -0.2) is 19.5 Å². The van der Waals surface area contributed by atoms with Gasteiger partial charge in [0.25, 0.3) is 0 Å². The Morgan fingerprint density at radius 3 is 2.27 bits per heavy atom. The lowest BCUT2D eigenvalue weighted by molar-refractivity contribution is -0.121. The SMILES string of the molecule is CNCCCC(=O)NC(C)c1ccc(-c2ccccc2)cc1. The van der Waals surface area contributed by atoms with Crippen LogP contribution in [0.4, 0.5) is 0 Å². The Kier molecular flexibility index (Phi) is 6.16. The summed E-state index contributed by atoms with van der Waals surface area (Å²) < 4.78 is 0. The van der Waals surface area contributed by atoms with Gasteiger partial charge in [-0.15, -0.1) is 0 Å². The molecule has 0 bridgehead atoms. The molecule has 2 rings (SSSR count). The fourth-order valence-electron chi connectivity index (χ4n) is 2.42. The molecule has 0 aliphatic rings. The van der Waals surface area contributed by atoms with E-state index in [1.54, 1.807) is 0 Å². The monoisotopic (exact) mass is 296 g/mol. The van der Waals surface area contributed by atoms with Gasteiger partial charge in [0.1, 0.15) is 0 Å². The van der Waals surface area contributed by atoms with E-state index in [4.69, 9.17) is 0 Å². The summed E-state index contributed by atoms with van der Waals surface area (Å²) in [6, 6.07) is 18.7. The zero-order valence-corrected chi connectivity index (χ0v) is 13.3. The summed E-state index contributed by atoms with van der Waals surface area (Å²) in [6.45, 7) is 2.89. The second-order valence-electron chi connectivity index (χ2n) is 5.48. The highest BCUT2D eigenvalue weighted by molar-refractivity contribution is 5.76. The first-order valence-corrected chi connectivity index (χ1v) is 7.80. The van der Waals surface area contributed by atoms with Gasteiger partial charge in [0.05, 0.1) is 6.04 Å². The Morgan fingerprint density at radius 2 is 1.64 bits per heavy atom. The van der Waals surface area contributed by atoms with Crippen LogP contribution >= 0.6 is 0 Å². The number of carbonyl (C=O) groups excluding carboxylic acids is 1. The van der Waals surface area contributed by atoms with Crippen molar-refractivity contribution in [2.45, 2.75) is 25.8 Å². The molecule has 2 N–H and O–H groups in total. The molecule has 3 nitrogen and oxygen atoms in total. The van der Waals surface area contributed by atoms with Crippen molar-refractivity contribution in [3.63, 3.8) is 0 Å². The van der Waals surface area contributed by atoms with Crippen LogP contribution in [-0.2, 0) is 4.79 Å². The molecule has 1 atom stereocenters. The predicted molar refractivity (Wildman–Crippen MR) is 91.6 cm³/mol. The summed E-state index contributed by atoms with van der Waals surface area (Å²) in [5.41, 5.74) is 3.52. The third-order valence-corrected chi connectivity index (χ3v) is 3.73. The summed E-state index contributed by atoms with van der Waals surface area (Å²) in [5, 5.41) is 6.10. The molecule has 0 radical (unpaired) electrons. The molecule has 0 fully saturated rings. The summed E-state index contributed by atoms with van der Waals surface area (Å²) in [5.74, 6) is 0.106. The highest BCUT2D eigenvalue weighted by Gasteiger charge is 2.09. The maximum absolute atomic E-state index is 11.9. The van der Waals surface area contributed by atoms with Crippen LogP contribution in [0.25, 0.3) is 11.1 Å².